The van der Waals surface area contributed by atoms with E-state index in [2.05, 4.69) is 6.08 Å². The van der Waals surface area contributed by atoms with Crippen molar-refractivity contribution < 1.29 is 29.0 Å². The van der Waals surface area contributed by atoms with Gasteiger partial charge in [0.15, 0.2) is 5.78 Å². The number of rotatable bonds is 6. The van der Waals surface area contributed by atoms with Crippen molar-refractivity contribution in [3.8, 4) is 0 Å². The van der Waals surface area contributed by atoms with E-state index >= 15 is 0 Å². The minimum Gasteiger partial charge on any atom is -0.457 e. The molecule has 1 aliphatic heterocycles. The second-order valence-corrected chi connectivity index (χ2v) is 7.19. The molecule has 1 fully saturated rings. The van der Waals surface area contributed by atoms with Crippen molar-refractivity contribution in [3.63, 3.8) is 0 Å². The zero-order valence-corrected chi connectivity index (χ0v) is 15.5. The van der Waals surface area contributed by atoms with Crippen LogP contribution < -0.4 is 0 Å². The summed E-state index contributed by atoms with van der Waals surface area (Å²) in [5, 5.41) is 8.85. The number of carbonyl (C=O) groups excluding carboxylic acids is 3. The van der Waals surface area contributed by atoms with E-state index in [0.29, 0.717) is 0 Å². The molecule has 0 aromatic carbocycles. The van der Waals surface area contributed by atoms with Crippen LogP contribution >= 0.6 is 0 Å². The molecule has 3 atom stereocenters. The van der Waals surface area contributed by atoms with Gasteiger partial charge in [0, 0.05) is 6.42 Å². The van der Waals surface area contributed by atoms with E-state index in [4.69, 9.17) is 14.6 Å². The van der Waals surface area contributed by atoms with Crippen LogP contribution in [0.1, 0.15) is 46.5 Å². The van der Waals surface area contributed by atoms with E-state index in [1.54, 1.807) is 0 Å². The van der Waals surface area contributed by atoms with Gasteiger partial charge in [-0.15, -0.1) is 0 Å². The van der Waals surface area contributed by atoms with Crippen LogP contribution in [0.4, 0.5) is 0 Å². The molecular formula is C20H26O6. The van der Waals surface area contributed by atoms with E-state index < -0.39 is 36.2 Å². The Morgan fingerprint density at radius 1 is 1.38 bits per heavy atom. The van der Waals surface area contributed by atoms with Crippen LogP contribution in [-0.4, -0.2) is 41.6 Å². The van der Waals surface area contributed by atoms with Gasteiger partial charge in [0.25, 0.3) is 0 Å². The Kier molecular flexibility index (Phi) is 6.53. The van der Waals surface area contributed by atoms with Gasteiger partial charge in [0.1, 0.15) is 18.8 Å². The Hall–Kier alpha value is -2.21. The Morgan fingerprint density at radius 2 is 2.12 bits per heavy atom. The molecule has 2 rings (SSSR count). The quantitative estimate of drug-likeness (QED) is 0.576. The molecule has 1 aliphatic carbocycles. The Morgan fingerprint density at radius 3 is 2.77 bits per heavy atom. The fourth-order valence-electron chi connectivity index (χ4n) is 3.37. The summed E-state index contributed by atoms with van der Waals surface area (Å²) in [4.78, 5) is 35.9. The van der Waals surface area contributed by atoms with Gasteiger partial charge in [-0.25, -0.2) is 4.79 Å². The lowest BCUT2D eigenvalue weighted by atomic mass is 9.69. The number of aliphatic hydroxyl groups is 1. The maximum Gasteiger partial charge on any atom is 0.332 e. The summed E-state index contributed by atoms with van der Waals surface area (Å²) in [6, 6.07) is 0. The topological polar surface area (TPSA) is 89.9 Å². The van der Waals surface area contributed by atoms with Gasteiger partial charge < -0.3 is 14.6 Å². The summed E-state index contributed by atoms with van der Waals surface area (Å²) in [5.74, 6) is -1.39. The van der Waals surface area contributed by atoms with Crippen molar-refractivity contribution >= 4 is 17.7 Å². The average Bonchev–Trinajstić information content (AvgIpc) is 2.86. The van der Waals surface area contributed by atoms with Gasteiger partial charge in [-0.05, 0) is 51.8 Å². The van der Waals surface area contributed by atoms with Crippen LogP contribution in [0.3, 0.4) is 0 Å². The zero-order valence-electron chi connectivity index (χ0n) is 15.5. The Labute approximate surface area is 153 Å². The molecule has 0 amide bonds. The first-order valence-corrected chi connectivity index (χ1v) is 8.80. The standard InChI is InChI=1S/C20H26O6/c1-13(2)5-4-6-14(3)9-17-20(11-18(23)26-17)10-15(7-8-16(20)22)25-19(24)12-21/h5,7-9,15,17,21H,4,6,10-12H2,1-3H3/t15-,17-,20?/m1/s1. The molecular weight excluding hydrogens is 336 g/mol. The molecule has 142 valence electrons. The van der Waals surface area contributed by atoms with Crippen LogP contribution in [0.2, 0.25) is 0 Å². The molecule has 0 saturated carbocycles. The molecule has 0 aromatic heterocycles. The second-order valence-electron chi connectivity index (χ2n) is 7.19. The van der Waals surface area contributed by atoms with Crippen LogP contribution in [0.15, 0.2) is 35.5 Å². The molecule has 26 heavy (non-hydrogen) atoms. The highest BCUT2D eigenvalue weighted by Crippen LogP contribution is 2.45. The van der Waals surface area contributed by atoms with Crippen LogP contribution in [-0.2, 0) is 23.9 Å². The van der Waals surface area contributed by atoms with Gasteiger partial charge in [0.2, 0.25) is 0 Å². The van der Waals surface area contributed by atoms with Gasteiger partial charge in [0.05, 0.1) is 11.8 Å². The molecule has 1 saturated heterocycles. The van der Waals surface area contributed by atoms with E-state index in [0.717, 1.165) is 18.4 Å². The lowest BCUT2D eigenvalue weighted by molar-refractivity contribution is -0.154. The first-order valence-electron chi connectivity index (χ1n) is 8.80. The number of hydrogen-bond acceptors (Lipinski definition) is 6. The van der Waals surface area contributed by atoms with Crippen molar-refractivity contribution in [2.45, 2.75) is 58.7 Å². The summed E-state index contributed by atoms with van der Waals surface area (Å²) in [6.07, 6.45) is 7.29. The predicted molar refractivity (Wildman–Crippen MR) is 95.1 cm³/mol. The van der Waals surface area contributed by atoms with Crippen molar-refractivity contribution in [2.24, 2.45) is 5.41 Å². The summed E-state index contributed by atoms with van der Waals surface area (Å²) in [5.41, 5.74) is 1.22. The molecule has 1 N–H and O–H groups in total. The maximum atomic E-state index is 12.6. The first-order chi connectivity index (χ1) is 12.3. The van der Waals surface area contributed by atoms with Crippen LogP contribution in [0.25, 0.3) is 0 Å². The van der Waals surface area contributed by atoms with E-state index in [1.807, 2.05) is 26.8 Å². The molecule has 1 heterocycles. The molecule has 2 aliphatic rings. The third kappa shape index (κ3) is 4.69. The van der Waals surface area contributed by atoms with E-state index in [1.165, 1.54) is 17.7 Å². The predicted octanol–water partition coefficient (Wildman–Crippen LogP) is 2.41. The second kappa shape index (κ2) is 8.45. The third-order valence-corrected chi connectivity index (χ3v) is 4.72. The van der Waals surface area contributed by atoms with E-state index in [-0.39, 0.29) is 18.6 Å². The fraction of sp³-hybridized carbons (Fsp3) is 0.550. The number of esters is 2. The zero-order chi connectivity index (χ0) is 19.3. The highest BCUT2D eigenvalue weighted by Gasteiger charge is 2.55. The Bertz CT molecular complexity index is 668. The largest absolute Gasteiger partial charge is 0.457 e. The molecule has 6 heteroatoms. The molecule has 0 radical (unpaired) electrons. The summed E-state index contributed by atoms with van der Waals surface area (Å²) in [7, 11) is 0. The van der Waals surface area contributed by atoms with Crippen molar-refractivity contribution in [1.29, 1.82) is 0 Å². The molecule has 0 bridgehead atoms. The minimum absolute atomic E-state index is 0.0359. The number of carbonyl (C=O) groups is 3. The average molecular weight is 362 g/mol. The van der Waals surface area contributed by atoms with Crippen LogP contribution in [0.5, 0.6) is 0 Å². The SMILES string of the molecule is CC(C)=CCCC(C)=C[C@H]1OC(=O)CC12C[C@H](OC(=O)CO)C=CC2=O. The number of aliphatic hydroxyl groups excluding tert-OH is 1. The number of ketones is 1. The highest BCUT2D eigenvalue weighted by atomic mass is 16.6. The van der Waals surface area contributed by atoms with Gasteiger partial charge in [-0.2, -0.15) is 0 Å². The van der Waals surface area contributed by atoms with Gasteiger partial charge >= 0.3 is 11.9 Å². The normalized spacial score (nSPS) is 28.2. The van der Waals surface area contributed by atoms with Crippen LogP contribution in [0, 0.1) is 5.41 Å². The molecule has 6 nitrogen and oxygen atoms in total. The maximum absolute atomic E-state index is 12.6. The minimum atomic E-state index is -1.05. The fourth-order valence-corrected chi connectivity index (χ4v) is 3.37. The highest BCUT2D eigenvalue weighted by molar-refractivity contribution is 6.00. The summed E-state index contributed by atoms with van der Waals surface area (Å²) < 4.78 is 10.6. The first kappa shape index (κ1) is 20.1. The van der Waals surface area contributed by atoms with Gasteiger partial charge in [-0.3, -0.25) is 9.59 Å². The molecule has 1 unspecified atom stereocenters. The molecule has 1 spiro atoms. The number of hydrogen-bond donors (Lipinski definition) is 1. The van der Waals surface area contributed by atoms with Crippen molar-refractivity contribution in [1.82, 2.24) is 0 Å². The molecule has 0 aromatic rings. The third-order valence-electron chi connectivity index (χ3n) is 4.72. The van der Waals surface area contributed by atoms with Crippen molar-refractivity contribution in [2.75, 3.05) is 6.61 Å². The Balaban J connectivity index is 2.19. The van der Waals surface area contributed by atoms with Gasteiger partial charge in [-0.1, -0.05) is 17.2 Å². The summed E-state index contributed by atoms with van der Waals surface area (Å²) in [6.45, 7) is 5.29. The lowest BCUT2D eigenvalue weighted by Gasteiger charge is -2.34. The number of cyclic esters (lactones) is 1. The number of allylic oxidation sites excluding steroid dienone is 4. The smallest absolute Gasteiger partial charge is 0.332 e. The lowest BCUT2D eigenvalue weighted by Crippen LogP contribution is -2.43. The summed E-state index contributed by atoms with van der Waals surface area (Å²) >= 11 is 0. The monoisotopic (exact) mass is 362 g/mol. The number of ether oxygens (including phenoxy) is 2. The van der Waals surface area contributed by atoms with Crippen molar-refractivity contribution in [3.05, 3.63) is 35.5 Å². The van der Waals surface area contributed by atoms with E-state index in [9.17, 15) is 14.4 Å².